The topological polar surface area (TPSA) is 127 Å². The number of nitrogens with zero attached hydrogens (tertiary/aromatic N) is 5. The van der Waals surface area contributed by atoms with Crippen molar-refractivity contribution < 1.29 is 22.7 Å². The zero-order valence-corrected chi connectivity index (χ0v) is 27.4. The molecule has 4 aromatic rings. The molecule has 1 atom stereocenters. The molecule has 0 radical (unpaired) electrons. The molecule has 238 valence electrons. The molecule has 5 rings (SSSR count). The number of carbonyl (C=O) groups excluding carboxylic acids is 1. The molecule has 0 bridgehead atoms. The van der Waals surface area contributed by atoms with E-state index in [1.165, 1.54) is 18.4 Å². The molecule has 2 aromatic carbocycles. The van der Waals surface area contributed by atoms with Gasteiger partial charge in [0.15, 0.2) is 0 Å². The molecule has 11 nitrogen and oxygen atoms in total. The highest BCUT2D eigenvalue weighted by Gasteiger charge is 2.28. The van der Waals surface area contributed by atoms with Crippen molar-refractivity contribution in [3.63, 3.8) is 0 Å². The van der Waals surface area contributed by atoms with Gasteiger partial charge in [-0.1, -0.05) is 30.3 Å². The SMILES string of the molecule is Cc1ccc2c(CS(=O)(=O)N(C)C)cccc2c1Oc1ncccc1-c1ccnc(N[C@H]2CCCN(C(=O)OC(C)(C)C)C2)n1. The van der Waals surface area contributed by atoms with E-state index in [-0.39, 0.29) is 17.9 Å². The lowest BCUT2D eigenvalue weighted by Gasteiger charge is -2.34. The maximum absolute atomic E-state index is 12.7. The number of hydrogen-bond acceptors (Lipinski definition) is 9. The van der Waals surface area contributed by atoms with Crippen LogP contribution in [0.3, 0.4) is 0 Å². The number of ether oxygens (including phenoxy) is 2. The van der Waals surface area contributed by atoms with Crippen molar-refractivity contribution in [3.05, 3.63) is 72.1 Å². The lowest BCUT2D eigenvalue weighted by molar-refractivity contribution is 0.0206. The number of likely N-dealkylation sites (tertiary alicyclic amines) is 1. The van der Waals surface area contributed by atoms with Crippen molar-refractivity contribution in [1.82, 2.24) is 24.2 Å². The van der Waals surface area contributed by atoms with Gasteiger partial charge in [-0.15, -0.1) is 0 Å². The van der Waals surface area contributed by atoms with E-state index in [1.54, 1.807) is 23.4 Å². The van der Waals surface area contributed by atoms with Crippen LogP contribution in [0.1, 0.15) is 44.7 Å². The summed E-state index contributed by atoms with van der Waals surface area (Å²) in [6.45, 7) is 8.65. The Bertz CT molecular complexity index is 1810. The van der Waals surface area contributed by atoms with Crippen LogP contribution >= 0.6 is 0 Å². The highest BCUT2D eigenvalue weighted by molar-refractivity contribution is 7.88. The minimum atomic E-state index is -3.46. The zero-order chi connectivity index (χ0) is 32.4. The molecule has 0 spiro atoms. The van der Waals surface area contributed by atoms with Gasteiger partial charge in [0.1, 0.15) is 11.4 Å². The maximum Gasteiger partial charge on any atom is 0.410 e. The molecule has 1 aliphatic heterocycles. The number of piperidine rings is 1. The molecular weight excluding hydrogens is 592 g/mol. The monoisotopic (exact) mass is 632 g/mol. The second-order valence-corrected chi connectivity index (χ2v) is 14.6. The smallest absolute Gasteiger partial charge is 0.410 e. The number of carbonyl (C=O) groups is 1. The van der Waals surface area contributed by atoms with Crippen molar-refractivity contribution in [3.8, 4) is 22.9 Å². The molecule has 1 amide bonds. The van der Waals surface area contributed by atoms with Crippen LogP contribution in [-0.2, 0) is 20.5 Å². The highest BCUT2D eigenvalue weighted by Crippen LogP contribution is 2.38. The molecule has 2 aromatic heterocycles. The molecule has 1 fully saturated rings. The molecule has 12 heteroatoms. The fourth-order valence-electron chi connectivity index (χ4n) is 5.20. The summed E-state index contributed by atoms with van der Waals surface area (Å²) in [7, 11) is -0.400. The summed E-state index contributed by atoms with van der Waals surface area (Å²) in [5.41, 5.74) is 2.30. The first kappa shape index (κ1) is 32.1. The van der Waals surface area contributed by atoms with E-state index in [9.17, 15) is 13.2 Å². The first-order valence-electron chi connectivity index (χ1n) is 14.9. The summed E-state index contributed by atoms with van der Waals surface area (Å²) in [5, 5.41) is 4.97. The fourth-order valence-corrected chi connectivity index (χ4v) is 6.11. The highest BCUT2D eigenvalue weighted by atomic mass is 32.2. The Hall–Kier alpha value is -4.29. The molecule has 0 unspecified atom stereocenters. The Labute approximate surface area is 264 Å². The molecule has 45 heavy (non-hydrogen) atoms. The molecule has 1 saturated heterocycles. The predicted molar refractivity (Wildman–Crippen MR) is 175 cm³/mol. The predicted octanol–water partition coefficient (Wildman–Crippen LogP) is 6.00. The third-order valence-corrected chi connectivity index (χ3v) is 9.29. The normalized spacial score (nSPS) is 15.7. The van der Waals surface area contributed by atoms with Gasteiger partial charge in [0.25, 0.3) is 0 Å². The number of benzene rings is 2. The van der Waals surface area contributed by atoms with E-state index < -0.39 is 15.6 Å². The van der Waals surface area contributed by atoms with Crippen LogP contribution in [0.25, 0.3) is 22.0 Å². The van der Waals surface area contributed by atoms with E-state index in [1.807, 2.05) is 70.2 Å². The maximum atomic E-state index is 12.7. The molecule has 0 aliphatic carbocycles. The molecule has 1 aliphatic rings. The van der Waals surface area contributed by atoms with Gasteiger partial charge in [-0.2, -0.15) is 0 Å². The summed E-state index contributed by atoms with van der Waals surface area (Å²) in [6, 6.07) is 14.9. The summed E-state index contributed by atoms with van der Waals surface area (Å²) >= 11 is 0. The van der Waals surface area contributed by atoms with Crippen LogP contribution in [0.2, 0.25) is 0 Å². The van der Waals surface area contributed by atoms with Crippen molar-refractivity contribution in [1.29, 1.82) is 0 Å². The quantitative estimate of drug-likeness (QED) is 0.249. The number of amides is 1. The van der Waals surface area contributed by atoms with E-state index in [4.69, 9.17) is 14.5 Å². The van der Waals surface area contributed by atoms with Gasteiger partial charge in [-0.25, -0.2) is 32.5 Å². The average Bonchev–Trinajstić information content (AvgIpc) is 2.98. The summed E-state index contributed by atoms with van der Waals surface area (Å²) in [5.74, 6) is 1.26. The third-order valence-electron chi connectivity index (χ3n) is 7.50. The van der Waals surface area contributed by atoms with Gasteiger partial charge in [0.05, 0.1) is 17.0 Å². The summed E-state index contributed by atoms with van der Waals surface area (Å²) in [4.78, 5) is 28.1. The number of hydrogen-bond donors (Lipinski definition) is 1. The average molecular weight is 633 g/mol. The Kier molecular flexibility index (Phi) is 9.26. The van der Waals surface area contributed by atoms with Crippen LogP contribution < -0.4 is 10.1 Å². The van der Waals surface area contributed by atoms with E-state index in [0.717, 1.165) is 29.2 Å². The number of rotatable bonds is 8. The van der Waals surface area contributed by atoms with Crippen LogP contribution in [0.15, 0.2) is 60.9 Å². The Morgan fingerprint density at radius 2 is 1.84 bits per heavy atom. The van der Waals surface area contributed by atoms with Crippen LogP contribution in [0, 0.1) is 6.92 Å². The van der Waals surface area contributed by atoms with Crippen molar-refractivity contribution in [2.75, 3.05) is 32.5 Å². The van der Waals surface area contributed by atoms with Gasteiger partial charge in [0, 0.05) is 51.0 Å². The summed E-state index contributed by atoms with van der Waals surface area (Å²) < 4.78 is 38.7. The zero-order valence-electron chi connectivity index (χ0n) is 26.6. The van der Waals surface area contributed by atoms with Gasteiger partial charge in [-0.05, 0) is 75.2 Å². The third kappa shape index (κ3) is 7.69. The minimum Gasteiger partial charge on any atom is -0.444 e. The number of sulfonamides is 1. The molecule has 3 heterocycles. The Morgan fingerprint density at radius 3 is 2.60 bits per heavy atom. The van der Waals surface area contributed by atoms with Crippen LogP contribution in [-0.4, -0.2) is 77.5 Å². The lowest BCUT2D eigenvalue weighted by atomic mass is 10.0. The Morgan fingerprint density at radius 1 is 1.04 bits per heavy atom. The number of anilines is 1. The number of nitrogens with one attached hydrogen (secondary N) is 1. The molecule has 0 saturated carbocycles. The standard InChI is InChI=1S/C33H40N6O5S/c1-22-14-15-25-23(21-45(41,42)38(5)6)10-7-12-26(25)29(22)43-30-27(13-8-17-34-30)28-16-18-35-31(37-28)36-24-11-9-19-39(20-24)32(40)44-33(2,3)4/h7-8,10,12-18,24H,9,11,19-21H2,1-6H3,(H,35,36,37)/t24-/m0/s1. The largest absolute Gasteiger partial charge is 0.444 e. The van der Waals surface area contributed by atoms with Gasteiger partial charge in [0.2, 0.25) is 21.9 Å². The van der Waals surface area contributed by atoms with Crippen LogP contribution in [0.4, 0.5) is 10.7 Å². The van der Waals surface area contributed by atoms with Crippen molar-refractivity contribution in [2.45, 2.75) is 57.9 Å². The molecular formula is C33H40N6O5S. The first-order valence-corrected chi connectivity index (χ1v) is 16.5. The van der Waals surface area contributed by atoms with Crippen molar-refractivity contribution in [2.24, 2.45) is 0 Å². The molecule has 1 N–H and O–H groups in total. The first-order chi connectivity index (χ1) is 21.3. The number of pyridine rings is 1. The fraction of sp³-hybridized carbons (Fsp3) is 0.394. The Balaban J connectivity index is 1.40. The van der Waals surface area contributed by atoms with E-state index in [0.29, 0.717) is 47.5 Å². The van der Waals surface area contributed by atoms with Gasteiger partial charge in [-0.3, -0.25) is 0 Å². The summed E-state index contributed by atoms with van der Waals surface area (Å²) in [6.07, 6.45) is 4.71. The van der Waals surface area contributed by atoms with Gasteiger partial charge >= 0.3 is 6.09 Å². The van der Waals surface area contributed by atoms with E-state index >= 15 is 0 Å². The minimum absolute atomic E-state index is 0.0324. The number of aromatic nitrogens is 3. The second kappa shape index (κ2) is 13.0. The second-order valence-electron chi connectivity index (χ2n) is 12.4. The van der Waals surface area contributed by atoms with Crippen LogP contribution in [0.5, 0.6) is 11.6 Å². The van der Waals surface area contributed by atoms with Gasteiger partial charge < -0.3 is 19.7 Å². The van der Waals surface area contributed by atoms with Crippen molar-refractivity contribution >= 4 is 32.8 Å². The number of aryl methyl sites for hydroxylation is 1. The number of fused-ring (bicyclic) bond motifs is 1. The lowest BCUT2D eigenvalue weighted by Crippen LogP contribution is -2.47. The van der Waals surface area contributed by atoms with E-state index in [2.05, 4.69) is 15.3 Å².